The minimum Gasteiger partial charge on any atom is -0.482 e. The van der Waals surface area contributed by atoms with Gasteiger partial charge in [-0.25, -0.2) is 0 Å². The van der Waals surface area contributed by atoms with Crippen molar-refractivity contribution in [1.82, 2.24) is 0 Å². The van der Waals surface area contributed by atoms with E-state index in [1.54, 1.807) is 18.2 Å². The van der Waals surface area contributed by atoms with Crippen molar-refractivity contribution in [2.45, 2.75) is 38.2 Å². The van der Waals surface area contributed by atoms with E-state index >= 15 is 0 Å². The molecule has 3 heteroatoms. The third-order valence-corrected chi connectivity index (χ3v) is 4.95. The summed E-state index contributed by atoms with van der Waals surface area (Å²) >= 11 is 0. The van der Waals surface area contributed by atoms with Crippen LogP contribution in [0.3, 0.4) is 0 Å². The van der Waals surface area contributed by atoms with Gasteiger partial charge in [-0.2, -0.15) is 0 Å². The molecule has 2 atom stereocenters. The largest absolute Gasteiger partial charge is 0.482 e. The van der Waals surface area contributed by atoms with Crippen LogP contribution in [0, 0.1) is 5.92 Å². The van der Waals surface area contributed by atoms with Crippen molar-refractivity contribution in [1.29, 1.82) is 0 Å². The fraction of sp³-hybridized carbons (Fsp3) is 0.412. The van der Waals surface area contributed by atoms with Crippen molar-refractivity contribution in [2.75, 3.05) is 0 Å². The number of Topliss-reactive ketones (excluding diaryl/α,β-unsaturated/α-hetero) is 2. The van der Waals surface area contributed by atoms with Gasteiger partial charge in [0, 0.05) is 17.0 Å². The summed E-state index contributed by atoms with van der Waals surface area (Å²) in [4.78, 5) is 25.3. The zero-order valence-electron chi connectivity index (χ0n) is 11.4. The molecule has 1 aromatic carbocycles. The first-order valence-corrected chi connectivity index (χ1v) is 7.23. The van der Waals surface area contributed by atoms with Gasteiger partial charge in [-0.1, -0.05) is 30.7 Å². The number of hydrogen-bond acceptors (Lipinski definition) is 3. The molecular weight excluding hydrogens is 252 g/mol. The molecule has 102 valence electrons. The highest BCUT2D eigenvalue weighted by molar-refractivity contribution is 6.26. The Morgan fingerprint density at radius 3 is 2.55 bits per heavy atom. The zero-order chi connectivity index (χ0) is 13.9. The molecule has 4 rings (SSSR count). The Hall–Kier alpha value is -1.90. The smallest absolute Gasteiger partial charge is 0.228 e. The Bertz CT molecular complexity index is 671. The lowest BCUT2D eigenvalue weighted by molar-refractivity contribution is -0.0156. The van der Waals surface area contributed by atoms with Crippen molar-refractivity contribution in [3.8, 4) is 0 Å². The molecule has 1 aliphatic heterocycles. The van der Waals surface area contributed by atoms with Crippen LogP contribution in [0.25, 0.3) is 0 Å². The number of carbonyl (C=O) groups excluding carboxylic acids is 2. The van der Waals surface area contributed by atoms with Crippen LogP contribution in [-0.4, -0.2) is 17.2 Å². The first kappa shape index (κ1) is 11.9. The molecule has 0 spiro atoms. The van der Waals surface area contributed by atoms with E-state index in [0.29, 0.717) is 22.5 Å². The van der Waals surface area contributed by atoms with Crippen molar-refractivity contribution < 1.29 is 14.3 Å². The number of benzene rings is 1. The summed E-state index contributed by atoms with van der Waals surface area (Å²) < 4.78 is 6.01. The molecule has 0 N–H and O–H groups in total. The number of allylic oxidation sites excluding steroid dienone is 1. The Labute approximate surface area is 117 Å². The van der Waals surface area contributed by atoms with Crippen LogP contribution in [-0.2, 0) is 4.74 Å². The van der Waals surface area contributed by atoms with Crippen molar-refractivity contribution in [3.05, 3.63) is 46.7 Å². The Balaban J connectivity index is 1.89. The van der Waals surface area contributed by atoms with Crippen LogP contribution in [0.1, 0.15) is 53.3 Å². The Kier molecular flexibility index (Phi) is 2.27. The van der Waals surface area contributed by atoms with Gasteiger partial charge in [-0.05, 0) is 26.2 Å². The highest BCUT2D eigenvalue weighted by atomic mass is 16.5. The second kappa shape index (κ2) is 3.81. The Morgan fingerprint density at radius 2 is 1.80 bits per heavy atom. The summed E-state index contributed by atoms with van der Waals surface area (Å²) in [5.74, 6) is 0.274. The normalized spacial score (nSPS) is 31.6. The van der Waals surface area contributed by atoms with Gasteiger partial charge in [0.1, 0.15) is 5.60 Å². The lowest BCUT2D eigenvalue weighted by Gasteiger charge is -2.35. The molecule has 1 fully saturated rings. The van der Waals surface area contributed by atoms with Gasteiger partial charge in [0.15, 0.2) is 11.5 Å². The van der Waals surface area contributed by atoms with Crippen LogP contribution in [0.5, 0.6) is 0 Å². The van der Waals surface area contributed by atoms with Crippen molar-refractivity contribution >= 4 is 11.6 Å². The lowest BCUT2D eigenvalue weighted by atomic mass is 9.71. The molecule has 1 saturated carbocycles. The molecule has 3 nitrogen and oxygen atoms in total. The van der Waals surface area contributed by atoms with Crippen LogP contribution in [0.4, 0.5) is 0 Å². The maximum absolute atomic E-state index is 12.8. The predicted octanol–water partition coefficient (Wildman–Crippen LogP) is 3.30. The number of carbonyl (C=O) groups is 2. The van der Waals surface area contributed by atoms with E-state index in [1.165, 1.54) is 0 Å². The average molecular weight is 268 g/mol. The lowest BCUT2D eigenvalue weighted by Crippen LogP contribution is -2.37. The standard InChI is InChI=1S/C17H16O3/c1-17-9-5-4-8-12(17)13-14(18)10-6-2-3-7-11(10)15(19)16(13)20-17/h2-3,6-7,12H,4-5,8-9H2,1H3. The molecule has 0 amide bonds. The van der Waals surface area contributed by atoms with Gasteiger partial charge >= 0.3 is 0 Å². The van der Waals surface area contributed by atoms with Crippen molar-refractivity contribution in [2.24, 2.45) is 5.92 Å². The molecule has 1 aromatic rings. The third kappa shape index (κ3) is 1.35. The minimum absolute atomic E-state index is 0.00850. The Morgan fingerprint density at radius 1 is 1.10 bits per heavy atom. The van der Waals surface area contributed by atoms with Crippen LogP contribution in [0.15, 0.2) is 35.6 Å². The summed E-state index contributed by atoms with van der Waals surface area (Å²) in [7, 11) is 0. The average Bonchev–Trinajstić information content (AvgIpc) is 2.78. The van der Waals surface area contributed by atoms with E-state index < -0.39 is 0 Å². The first-order chi connectivity index (χ1) is 9.62. The fourth-order valence-electron chi connectivity index (χ4n) is 3.90. The number of hydrogen-bond donors (Lipinski definition) is 0. The highest BCUT2D eigenvalue weighted by Gasteiger charge is 2.53. The van der Waals surface area contributed by atoms with E-state index in [9.17, 15) is 9.59 Å². The SMILES string of the molecule is CC12CCCCC1C1=C(O2)C(=O)c2ccccc2C1=O. The number of fused-ring (bicyclic) bond motifs is 3. The predicted molar refractivity (Wildman–Crippen MR) is 73.6 cm³/mol. The molecule has 2 aliphatic carbocycles. The van der Waals surface area contributed by atoms with E-state index in [2.05, 4.69) is 0 Å². The monoisotopic (exact) mass is 268 g/mol. The molecule has 0 saturated heterocycles. The van der Waals surface area contributed by atoms with Gasteiger partial charge in [0.05, 0.1) is 5.57 Å². The molecule has 0 aromatic heterocycles. The summed E-state index contributed by atoms with van der Waals surface area (Å²) in [6, 6.07) is 7.07. The number of rotatable bonds is 0. The van der Waals surface area contributed by atoms with Crippen LogP contribution in [0.2, 0.25) is 0 Å². The second-order valence-corrected chi connectivity index (χ2v) is 6.16. The third-order valence-electron chi connectivity index (χ3n) is 4.95. The van der Waals surface area contributed by atoms with E-state index in [1.807, 2.05) is 13.0 Å². The van der Waals surface area contributed by atoms with Gasteiger partial charge < -0.3 is 4.74 Å². The van der Waals surface area contributed by atoms with Gasteiger partial charge in [-0.15, -0.1) is 0 Å². The van der Waals surface area contributed by atoms with Crippen LogP contribution < -0.4 is 0 Å². The quantitative estimate of drug-likeness (QED) is 0.725. The fourth-order valence-corrected chi connectivity index (χ4v) is 3.90. The molecule has 2 unspecified atom stereocenters. The molecule has 20 heavy (non-hydrogen) atoms. The summed E-state index contributed by atoms with van der Waals surface area (Å²) in [5.41, 5.74) is 1.29. The first-order valence-electron chi connectivity index (χ1n) is 7.23. The zero-order valence-corrected chi connectivity index (χ0v) is 11.4. The van der Waals surface area contributed by atoms with Gasteiger partial charge in [0.2, 0.25) is 5.78 Å². The summed E-state index contributed by atoms with van der Waals surface area (Å²) in [6.45, 7) is 2.04. The topological polar surface area (TPSA) is 43.4 Å². The molecule has 0 bridgehead atoms. The van der Waals surface area contributed by atoms with E-state index in [0.717, 1.165) is 25.7 Å². The van der Waals surface area contributed by atoms with E-state index in [4.69, 9.17) is 4.74 Å². The maximum atomic E-state index is 12.8. The summed E-state index contributed by atoms with van der Waals surface area (Å²) in [6.07, 6.45) is 4.06. The van der Waals surface area contributed by atoms with Gasteiger partial charge in [-0.3, -0.25) is 9.59 Å². The summed E-state index contributed by atoms with van der Waals surface area (Å²) in [5, 5.41) is 0. The van der Waals surface area contributed by atoms with Gasteiger partial charge in [0.25, 0.3) is 0 Å². The molecule has 1 heterocycles. The second-order valence-electron chi connectivity index (χ2n) is 6.16. The number of ketones is 2. The highest BCUT2D eigenvalue weighted by Crippen LogP contribution is 2.51. The minimum atomic E-state index is -0.365. The van der Waals surface area contributed by atoms with Crippen molar-refractivity contribution in [3.63, 3.8) is 0 Å². The molecule has 3 aliphatic rings. The van der Waals surface area contributed by atoms with E-state index in [-0.39, 0.29) is 23.1 Å². The maximum Gasteiger partial charge on any atom is 0.228 e. The molecular formula is C17H16O3. The number of ether oxygens (including phenoxy) is 1. The molecule has 0 radical (unpaired) electrons. The van der Waals surface area contributed by atoms with Crippen LogP contribution >= 0.6 is 0 Å².